The monoisotopic (exact) mass is 1000 g/mol. The van der Waals surface area contributed by atoms with Gasteiger partial charge in [0.25, 0.3) is 0 Å². The number of benzene rings is 10. The molecule has 0 radical (unpaired) electrons. The van der Waals surface area contributed by atoms with Gasteiger partial charge in [-0.05, 0) is 78.9 Å². The molecule has 0 spiro atoms. The van der Waals surface area contributed by atoms with Crippen LogP contribution in [0.25, 0.3) is 153 Å². The van der Waals surface area contributed by atoms with Crippen LogP contribution >= 0.6 is 11.3 Å². The van der Waals surface area contributed by atoms with Gasteiger partial charge in [0.05, 0.1) is 49.8 Å². The van der Waals surface area contributed by atoms with E-state index in [1.165, 1.54) is 20.2 Å². The third kappa shape index (κ3) is 6.14. The molecule has 0 aliphatic rings. The standard InChI is InChI=1S/C68H40N8S/c1-9-28-56-44(19-1)45-20-2-10-29-57(45)74(56)67-70-66(71-68(72-67)75-58-30-11-3-21-46(58)47-22-4-12-31-59(47)75)42-17-15-18-43(39-42)73-55-27-8-5-23-48(55)51-36-37-52-49-24-6-13-32-60(49)76(65(52)64(51)73)63-34-16-26-54(69-63)41-35-38-62-53(40-41)50-25-7-14-33-61(50)77-62/h1-40H. The summed E-state index contributed by atoms with van der Waals surface area (Å²) in [6.45, 7) is 0. The number of hydrogen-bond donors (Lipinski definition) is 0. The Balaban J connectivity index is 0.912. The highest BCUT2D eigenvalue weighted by Crippen LogP contribution is 2.43. The Morgan fingerprint density at radius 1 is 0.273 bits per heavy atom. The molecule has 9 heteroatoms. The second-order valence-corrected chi connectivity index (χ2v) is 20.9. The lowest BCUT2D eigenvalue weighted by molar-refractivity contribution is 0.892. The Morgan fingerprint density at radius 3 is 1.30 bits per heavy atom. The second-order valence-electron chi connectivity index (χ2n) is 19.8. The van der Waals surface area contributed by atoms with Gasteiger partial charge in [-0.15, -0.1) is 11.3 Å². The molecule has 0 bridgehead atoms. The predicted molar refractivity (Wildman–Crippen MR) is 319 cm³/mol. The third-order valence-electron chi connectivity index (χ3n) is 15.6. The summed E-state index contributed by atoms with van der Waals surface area (Å²) < 4.78 is 11.7. The zero-order chi connectivity index (χ0) is 50.3. The zero-order valence-electron chi connectivity index (χ0n) is 41.1. The fourth-order valence-corrected chi connectivity index (χ4v) is 13.4. The second kappa shape index (κ2) is 16.1. The maximum atomic E-state index is 5.54. The van der Waals surface area contributed by atoms with Crippen molar-refractivity contribution in [3.63, 3.8) is 0 Å². The largest absolute Gasteiger partial charge is 0.307 e. The summed E-state index contributed by atoms with van der Waals surface area (Å²) in [5.74, 6) is 2.49. The van der Waals surface area contributed by atoms with E-state index >= 15 is 0 Å². The first-order chi connectivity index (χ1) is 38.2. The van der Waals surface area contributed by atoms with Gasteiger partial charge in [-0.25, -0.2) is 4.98 Å². The van der Waals surface area contributed by atoms with E-state index in [0.29, 0.717) is 17.7 Å². The number of hydrogen-bond acceptors (Lipinski definition) is 5. The number of nitrogens with zero attached hydrogens (tertiary/aromatic N) is 8. The van der Waals surface area contributed by atoms with Crippen molar-refractivity contribution in [1.29, 1.82) is 0 Å². The minimum Gasteiger partial charge on any atom is -0.307 e. The van der Waals surface area contributed by atoms with Gasteiger partial charge in [-0.2, -0.15) is 15.0 Å². The number of aromatic nitrogens is 8. The molecule has 7 aromatic heterocycles. The summed E-state index contributed by atoms with van der Waals surface area (Å²) in [6, 6.07) is 86.6. The van der Waals surface area contributed by atoms with E-state index in [4.69, 9.17) is 19.9 Å². The normalized spacial score (nSPS) is 12.2. The van der Waals surface area contributed by atoms with Crippen molar-refractivity contribution in [2.24, 2.45) is 0 Å². The average Bonchev–Trinajstić information content (AvgIpc) is 4.45. The van der Waals surface area contributed by atoms with Gasteiger partial charge >= 0.3 is 0 Å². The summed E-state index contributed by atoms with van der Waals surface area (Å²) in [5.41, 5.74) is 12.3. The fourth-order valence-electron chi connectivity index (χ4n) is 12.3. The fraction of sp³-hybridized carbons (Fsp3) is 0. The first-order valence-electron chi connectivity index (χ1n) is 25.9. The quantitative estimate of drug-likeness (QED) is 0.166. The van der Waals surface area contributed by atoms with Crippen LogP contribution in [0.5, 0.6) is 0 Å². The molecule has 7 heterocycles. The lowest BCUT2D eigenvalue weighted by Gasteiger charge is -2.15. The minimum absolute atomic E-state index is 0.538. The van der Waals surface area contributed by atoms with Crippen LogP contribution < -0.4 is 0 Å². The summed E-state index contributed by atoms with van der Waals surface area (Å²) in [5, 5.41) is 11.7. The summed E-state index contributed by atoms with van der Waals surface area (Å²) in [7, 11) is 0. The summed E-state index contributed by atoms with van der Waals surface area (Å²) in [6.07, 6.45) is 0. The molecule has 0 aliphatic carbocycles. The van der Waals surface area contributed by atoms with E-state index in [1.54, 1.807) is 0 Å². The van der Waals surface area contributed by atoms with Crippen LogP contribution in [0.3, 0.4) is 0 Å². The summed E-state index contributed by atoms with van der Waals surface area (Å²) >= 11 is 1.83. The van der Waals surface area contributed by atoms with Crippen molar-refractivity contribution in [3.8, 4) is 46.0 Å². The van der Waals surface area contributed by atoms with Crippen LogP contribution in [0.2, 0.25) is 0 Å². The highest BCUT2D eigenvalue weighted by atomic mass is 32.1. The number of pyridine rings is 1. The molecular formula is C68H40N8S. The minimum atomic E-state index is 0.538. The number of rotatable bonds is 6. The zero-order valence-corrected chi connectivity index (χ0v) is 41.9. The van der Waals surface area contributed by atoms with Gasteiger partial charge in [0.15, 0.2) is 5.82 Å². The molecule has 0 N–H and O–H groups in total. The maximum absolute atomic E-state index is 5.54. The van der Waals surface area contributed by atoms with Crippen molar-refractivity contribution in [1.82, 2.24) is 38.2 Å². The maximum Gasteiger partial charge on any atom is 0.240 e. The number of para-hydroxylation sites is 6. The highest BCUT2D eigenvalue weighted by Gasteiger charge is 2.24. The van der Waals surface area contributed by atoms with Crippen LogP contribution in [0, 0.1) is 0 Å². The third-order valence-corrected chi connectivity index (χ3v) is 16.8. The summed E-state index contributed by atoms with van der Waals surface area (Å²) in [4.78, 5) is 21.9. The van der Waals surface area contributed by atoms with Crippen molar-refractivity contribution >= 4 is 119 Å². The van der Waals surface area contributed by atoms with Crippen molar-refractivity contribution < 1.29 is 0 Å². The van der Waals surface area contributed by atoms with E-state index in [1.807, 2.05) is 11.3 Å². The molecule has 0 atom stereocenters. The molecule has 0 saturated heterocycles. The van der Waals surface area contributed by atoms with Gasteiger partial charge in [-0.3, -0.25) is 13.7 Å². The SMILES string of the molecule is c1cc(-c2nc(-n3c4ccccc4c4ccccc43)nc(-n3c4ccccc4c4ccccc43)n2)cc(-n2c3ccccc3c3ccc4c5ccccc5n(-c5cccc(-c6ccc7sc8ccccc8c7c6)n5)c4c32)c1. The van der Waals surface area contributed by atoms with Crippen LogP contribution in [0.4, 0.5) is 0 Å². The molecule has 77 heavy (non-hydrogen) atoms. The molecule has 0 amide bonds. The molecule has 0 saturated carbocycles. The lowest BCUT2D eigenvalue weighted by Crippen LogP contribution is -2.10. The number of thiophene rings is 1. The molecule has 0 unspecified atom stereocenters. The van der Waals surface area contributed by atoms with Gasteiger partial charge < -0.3 is 4.57 Å². The van der Waals surface area contributed by atoms with E-state index in [0.717, 1.165) is 116 Å². The van der Waals surface area contributed by atoms with Gasteiger partial charge in [-0.1, -0.05) is 164 Å². The van der Waals surface area contributed by atoms with Crippen molar-refractivity contribution in [3.05, 3.63) is 243 Å². The van der Waals surface area contributed by atoms with Gasteiger partial charge in [0.2, 0.25) is 11.9 Å². The van der Waals surface area contributed by atoms with Crippen LogP contribution in [0.15, 0.2) is 243 Å². The first-order valence-corrected chi connectivity index (χ1v) is 26.7. The Hall–Kier alpha value is -10.2. The van der Waals surface area contributed by atoms with Crippen molar-refractivity contribution in [2.75, 3.05) is 0 Å². The van der Waals surface area contributed by atoms with Crippen LogP contribution in [-0.2, 0) is 0 Å². The highest BCUT2D eigenvalue weighted by molar-refractivity contribution is 7.25. The predicted octanol–water partition coefficient (Wildman–Crippen LogP) is 17.4. The van der Waals surface area contributed by atoms with Crippen molar-refractivity contribution in [2.45, 2.75) is 0 Å². The van der Waals surface area contributed by atoms with E-state index in [-0.39, 0.29) is 0 Å². The van der Waals surface area contributed by atoms with Gasteiger partial charge in [0, 0.05) is 80.1 Å². The molecule has 358 valence electrons. The topological polar surface area (TPSA) is 71.3 Å². The Kier molecular flexibility index (Phi) is 8.84. The first kappa shape index (κ1) is 42.2. The van der Waals surface area contributed by atoms with E-state index < -0.39 is 0 Å². The molecule has 10 aromatic carbocycles. The molecular weight excluding hydrogens is 961 g/mol. The molecule has 0 fully saturated rings. The van der Waals surface area contributed by atoms with Gasteiger partial charge in [0.1, 0.15) is 5.82 Å². The molecule has 17 aromatic rings. The smallest absolute Gasteiger partial charge is 0.240 e. The average molecular weight is 1000 g/mol. The van der Waals surface area contributed by atoms with E-state index in [9.17, 15) is 0 Å². The Morgan fingerprint density at radius 2 is 0.727 bits per heavy atom. The lowest BCUT2D eigenvalue weighted by atomic mass is 10.1. The molecule has 8 nitrogen and oxygen atoms in total. The molecule has 0 aliphatic heterocycles. The number of fused-ring (bicyclic) bond motifs is 16. The Bertz CT molecular complexity index is 5080. The van der Waals surface area contributed by atoms with E-state index in [2.05, 4.69) is 261 Å². The van der Waals surface area contributed by atoms with Crippen LogP contribution in [-0.4, -0.2) is 38.2 Å². The van der Waals surface area contributed by atoms with Crippen LogP contribution in [0.1, 0.15) is 0 Å². The molecule has 17 rings (SSSR count). The Labute approximate surface area is 443 Å².